The first-order chi connectivity index (χ1) is 8.84. The van der Waals surface area contributed by atoms with Gasteiger partial charge in [0.15, 0.2) is 0 Å². The van der Waals surface area contributed by atoms with E-state index in [1.54, 1.807) is 0 Å². The van der Waals surface area contributed by atoms with Gasteiger partial charge in [0.2, 0.25) is 10.0 Å². The number of halogens is 2. The van der Waals surface area contributed by atoms with Crippen LogP contribution in [-0.4, -0.2) is 41.5 Å². The summed E-state index contributed by atoms with van der Waals surface area (Å²) in [6, 6.07) is 3.17. The molecule has 1 saturated heterocycles. The lowest BCUT2D eigenvalue weighted by Crippen LogP contribution is -2.41. The number of benzene rings is 1. The summed E-state index contributed by atoms with van der Waals surface area (Å²) in [5.41, 5.74) is 0. The van der Waals surface area contributed by atoms with Gasteiger partial charge in [0, 0.05) is 10.2 Å². The number of sulfonamides is 1. The Morgan fingerprint density at radius 3 is 2.79 bits per heavy atom. The minimum Gasteiger partial charge on any atom is -0.480 e. The van der Waals surface area contributed by atoms with Crippen molar-refractivity contribution < 1.29 is 18.3 Å². The maximum atomic E-state index is 12.4. The molecule has 1 fully saturated rings. The first-order valence-electron chi connectivity index (χ1n) is 5.11. The molecule has 0 saturated carbocycles. The highest BCUT2D eigenvalue weighted by Crippen LogP contribution is 2.31. The highest BCUT2D eigenvalue weighted by atomic mass is 79.9. The van der Waals surface area contributed by atoms with Crippen LogP contribution in [0.1, 0.15) is 0 Å². The smallest absolute Gasteiger partial charge is 0.322 e. The summed E-state index contributed by atoms with van der Waals surface area (Å²) in [5.74, 6) is -0.746. The van der Waals surface area contributed by atoms with E-state index >= 15 is 0 Å². The Bertz CT molecular complexity index is 622. The molecule has 0 bridgehead atoms. The van der Waals surface area contributed by atoms with E-state index in [-0.39, 0.29) is 16.5 Å². The van der Waals surface area contributed by atoms with E-state index in [2.05, 4.69) is 15.9 Å². The van der Waals surface area contributed by atoms with Crippen LogP contribution in [0.4, 0.5) is 0 Å². The fraction of sp³-hybridized carbons (Fsp3) is 0.300. The molecule has 1 aliphatic heterocycles. The number of carbonyl (C=O) groups is 1. The van der Waals surface area contributed by atoms with E-state index in [4.69, 9.17) is 16.7 Å². The molecule has 1 aromatic carbocycles. The van der Waals surface area contributed by atoms with Crippen LogP contribution in [0.3, 0.4) is 0 Å². The van der Waals surface area contributed by atoms with Gasteiger partial charge < -0.3 is 5.11 Å². The molecule has 5 nitrogen and oxygen atoms in total. The van der Waals surface area contributed by atoms with E-state index in [9.17, 15) is 13.2 Å². The summed E-state index contributed by atoms with van der Waals surface area (Å²) in [6.07, 6.45) is 0. The van der Waals surface area contributed by atoms with Crippen molar-refractivity contribution in [1.82, 2.24) is 4.31 Å². The van der Waals surface area contributed by atoms with E-state index in [1.807, 2.05) is 0 Å². The van der Waals surface area contributed by atoms with Gasteiger partial charge in [-0.1, -0.05) is 11.6 Å². The number of carboxylic acid groups (broad SMARTS) is 1. The van der Waals surface area contributed by atoms with Crippen molar-refractivity contribution in [3.05, 3.63) is 27.7 Å². The van der Waals surface area contributed by atoms with Crippen molar-refractivity contribution in [2.75, 3.05) is 11.6 Å². The van der Waals surface area contributed by atoms with Gasteiger partial charge in [-0.05, 0) is 34.1 Å². The van der Waals surface area contributed by atoms with Crippen LogP contribution in [-0.2, 0) is 14.8 Å². The molecule has 104 valence electrons. The molecule has 2 rings (SSSR count). The molecular formula is C10H9BrClNO4S2. The Kier molecular flexibility index (Phi) is 4.46. The van der Waals surface area contributed by atoms with Crippen LogP contribution < -0.4 is 0 Å². The van der Waals surface area contributed by atoms with Crippen molar-refractivity contribution in [2.24, 2.45) is 0 Å². The van der Waals surface area contributed by atoms with Gasteiger partial charge in [-0.15, -0.1) is 11.8 Å². The zero-order valence-electron chi connectivity index (χ0n) is 9.42. The molecule has 19 heavy (non-hydrogen) atoms. The largest absolute Gasteiger partial charge is 0.480 e. The summed E-state index contributed by atoms with van der Waals surface area (Å²) < 4.78 is 26.2. The summed E-state index contributed by atoms with van der Waals surface area (Å²) >= 11 is 10.2. The monoisotopic (exact) mass is 385 g/mol. The van der Waals surface area contributed by atoms with Crippen LogP contribution >= 0.6 is 39.3 Å². The number of hydrogen-bond acceptors (Lipinski definition) is 4. The molecule has 1 aromatic rings. The van der Waals surface area contributed by atoms with E-state index < -0.39 is 22.0 Å². The summed E-state index contributed by atoms with van der Waals surface area (Å²) in [7, 11) is -3.83. The van der Waals surface area contributed by atoms with Crippen molar-refractivity contribution in [3.63, 3.8) is 0 Å². The van der Waals surface area contributed by atoms with E-state index in [1.165, 1.54) is 30.0 Å². The lowest BCUT2D eigenvalue weighted by atomic mass is 10.4. The predicted octanol–water partition coefficient (Wildman–Crippen LogP) is 2.25. The zero-order valence-corrected chi connectivity index (χ0v) is 13.4. The second-order valence-electron chi connectivity index (χ2n) is 3.82. The number of thioether (sulfide) groups is 1. The zero-order chi connectivity index (χ0) is 14.2. The third-order valence-electron chi connectivity index (χ3n) is 2.62. The molecule has 1 aliphatic rings. The minimum absolute atomic E-state index is 0.0255. The van der Waals surface area contributed by atoms with Gasteiger partial charge in [-0.25, -0.2) is 8.42 Å². The highest BCUT2D eigenvalue weighted by molar-refractivity contribution is 9.10. The van der Waals surface area contributed by atoms with Gasteiger partial charge in [-0.2, -0.15) is 4.31 Å². The van der Waals surface area contributed by atoms with Gasteiger partial charge >= 0.3 is 5.97 Å². The molecular weight excluding hydrogens is 378 g/mol. The standard InChI is InChI=1S/C10H9BrClNO4S2/c11-7-3-6(1-2-8(7)12)19(16,17)13-5-18-4-9(13)10(14)15/h1-3,9H,4-5H2,(H,14,15). The van der Waals surface area contributed by atoms with Crippen LogP contribution in [0.2, 0.25) is 5.02 Å². The van der Waals surface area contributed by atoms with E-state index in [0.29, 0.717) is 9.50 Å². The third-order valence-corrected chi connectivity index (χ3v) is 6.86. The summed E-state index contributed by atoms with van der Waals surface area (Å²) in [6.45, 7) is 0. The van der Waals surface area contributed by atoms with E-state index in [0.717, 1.165) is 4.31 Å². The Balaban J connectivity index is 2.42. The number of hydrogen-bond donors (Lipinski definition) is 1. The molecule has 1 heterocycles. The SMILES string of the molecule is O=C(O)C1CSCN1S(=O)(=O)c1ccc(Cl)c(Br)c1. The second-order valence-corrected chi connectivity index (χ2v) is 7.97. The quantitative estimate of drug-likeness (QED) is 0.862. The molecule has 9 heteroatoms. The highest BCUT2D eigenvalue weighted by Gasteiger charge is 2.40. The van der Waals surface area contributed by atoms with Crippen molar-refractivity contribution in [1.29, 1.82) is 0 Å². The lowest BCUT2D eigenvalue weighted by Gasteiger charge is -2.20. The number of nitrogens with zero attached hydrogens (tertiary/aromatic N) is 1. The first-order valence-corrected chi connectivity index (χ1v) is 8.88. The second kappa shape index (κ2) is 5.61. The van der Waals surface area contributed by atoms with Gasteiger partial charge in [0.05, 0.1) is 15.8 Å². The third kappa shape index (κ3) is 2.92. The molecule has 0 spiro atoms. The molecule has 0 aliphatic carbocycles. The first kappa shape index (κ1) is 15.1. The number of rotatable bonds is 3. The summed E-state index contributed by atoms with van der Waals surface area (Å²) in [4.78, 5) is 11.1. The summed E-state index contributed by atoms with van der Waals surface area (Å²) in [5, 5.41) is 9.44. The Morgan fingerprint density at radius 2 is 2.21 bits per heavy atom. The van der Waals surface area contributed by atoms with Crippen LogP contribution in [0.15, 0.2) is 27.6 Å². The molecule has 0 aromatic heterocycles. The van der Waals surface area contributed by atoms with Gasteiger partial charge in [-0.3, -0.25) is 4.79 Å². The maximum Gasteiger partial charge on any atom is 0.322 e. The van der Waals surface area contributed by atoms with Gasteiger partial charge in [0.1, 0.15) is 6.04 Å². The van der Waals surface area contributed by atoms with Crippen molar-refractivity contribution in [2.45, 2.75) is 10.9 Å². The molecule has 0 amide bonds. The van der Waals surface area contributed by atoms with Crippen molar-refractivity contribution >= 4 is 55.3 Å². The van der Waals surface area contributed by atoms with Crippen LogP contribution in [0.5, 0.6) is 0 Å². The van der Waals surface area contributed by atoms with Crippen LogP contribution in [0.25, 0.3) is 0 Å². The number of aliphatic carboxylic acids is 1. The lowest BCUT2D eigenvalue weighted by molar-refractivity contribution is -0.140. The maximum absolute atomic E-state index is 12.4. The molecule has 1 atom stereocenters. The number of carboxylic acids is 1. The average molecular weight is 387 g/mol. The average Bonchev–Trinajstić information content (AvgIpc) is 2.82. The fourth-order valence-electron chi connectivity index (χ4n) is 1.63. The Labute approximate surface area is 128 Å². The predicted molar refractivity (Wildman–Crippen MR) is 76.9 cm³/mol. The fourth-order valence-corrected chi connectivity index (χ4v) is 5.44. The van der Waals surface area contributed by atoms with Gasteiger partial charge in [0.25, 0.3) is 0 Å². The molecule has 1 unspecified atom stereocenters. The minimum atomic E-state index is -3.83. The Morgan fingerprint density at radius 1 is 1.53 bits per heavy atom. The Hall–Kier alpha value is -0.280. The van der Waals surface area contributed by atoms with Crippen molar-refractivity contribution in [3.8, 4) is 0 Å². The molecule has 0 radical (unpaired) electrons. The topological polar surface area (TPSA) is 74.7 Å². The molecule has 1 N–H and O–H groups in total. The van der Waals surface area contributed by atoms with Crippen LogP contribution in [0, 0.1) is 0 Å². The normalized spacial score (nSPS) is 20.6.